The van der Waals surface area contributed by atoms with E-state index in [-0.39, 0.29) is 29.9 Å². The summed E-state index contributed by atoms with van der Waals surface area (Å²) in [6.07, 6.45) is 2.15. The first-order valence-electron chi connectivity index (χ1n) is 8.43. The molecule has 0 saturated carbocycles. The van der Waals surface area contributed by atoms with Gasteiger partial charge in [-0.1, -0.05) is 0 Å². The highest BCUT2D eigenvalue weighted by molar-refractivity contribution is 14.0. The Morgan fingerprint density at radius 3 is 2.60 bits per heavy atom. The van der Waals surface area contributed by atoms with Crippen LogP contribution in [0.1, 0.15) is 32.8 Å². The van der Waals surface area contributed by atoms with Crippen molar-refractivity contribution in [3.8, 4) is 5.88 Å². The number of amides is 1. The van der Waals surface area contributed by atoms with Gasteiger partial charge in [-0.2, -0.15) is 0 Å². The summed E-state index contributed by atoms with van der Waals surface area (Å²) in [5, 5.41) is 6.38. The maximum atomic E-state index is 12.0. The predicted molar refractivity (Wildman–Crippen MR) is 112 cm³/mol. The first-order valence-corrected chi connectivity index (χ1v) is 8.43. The fourth-order valence-corrected chi connectivity index (χ4v) is 2.19. The second-order valence-electron chi connectivity index (χ2n) is 5.14. The number of hydrogen-bond donors (Lipinski definition) is 2. The Morgan fingerprint density at radius 1 is 1.28 bits per heavy atom. The molecule has 0 bridgehead atoms. The van der Waals surface area contributed by atoms with Crippen LogP contribution in [0.2, 0.25) is 0 Å². The number of carbonyl (C=O) groups is 1. The zero-order valence-corrected chi connectivity index (χ0v) is 17.9. The molecule has 142 valence electrons. The smallest absolute Gasteiger partial charge is 0.224 e. The molecule has 2 N–H and O–H groups in total. The Hall–Kier alpha value is -1.58. The van der Waals surface area contributed by atoms with E-state index in [0.717, 1.165) is 25.2 Å². The molecule has 7 nitrogen and oxygen atoms in total. The van der Waals surface area contributed by atoms with Gasteiger partial charge in [-0.05, 0) is 32.4 Å². The second kappa shape index (κ2) is 13.7. The number of halogens is 1. The predicted octanol–water partition coefficient (Wildman–Crippen LogP) is 2.02. The number of nitrogens with one attached hydrogen (secondary N) is 2. The summed E-state index contributed by atoms with van der Waals surface area (Å²) in [5.74, 6) is 1.42. The van der Waals surface area contributed by atoms with Crippen LogP contribution in [0.25, 0.3) is 0 Å². The summed E-state index contributed by atoms with van der Waals surface area (Å²) in [6.45, 7) is 9.30. The van der Waals surface area contributed by atoms with Crippen LogP contribution >= 0.6 is 24.0 Å². The zero-order valence-electron chi connectivity index (χ0n) is 15.5. The molecule has 0 aliphatic rings. The number of ether oxygens (including phenoxy) is 1. The van der Waals surface area contributed by atoms with E-state index in [1.165, 1.54) is 0 Å². The van der Waals surface area contributed by atoms with Gasteiger partial charge in [-0.15, -0.1) is 24.0 Å². The van der Waals surface area contributed by atoms with Crippen molar-refractivity contribution in [2.45, 2.75) is 33.7 Å². The molecule has 1 aromatic heterocycles. The summed E-state index contributed by atoms with van der Waals surface area (Å²) in [5.41, 5.74) is 1.01. The molecule has 0 spiro atoms. The molecule has 0 aliphatic heterocycles. The van der Waals surface area contributed by atoms with Crippen LogP contribution in [0.4, 0.5) is 0 Å². The van der Waals surface area contributed by atoms with Gasteiger partial charge in [0.05, 0.1) is 13.7 Å². The molecule has 0 radical (unpaired) electrons. The summed E-state index contributed by atoms with van der Waals surface area (Å²) in [4.78, 5) is 22.4. The van der Waals surface area contributed by atoms with E-state index in [1.807, 2.05) is 37.8 Å². The van der Waals surface area contributed by atoms with E-state index >= 15 is 0 Å². The monoisotopic (exact) mass is 463 g/mol. The SMILES string of the molecule is CCNC(=NCc1ccnc(OC)c1)NCCC(=O)N(CC)CC.I. The van der Waals surface area contributed by atoms with Crippen molar-refractivity contribution in [2.75, 3.05) is 33.3 Å². The Labute approximate surface area is 167 Å². The lowest BCUT2D eigenvalue weighted by atomic mass is 10.3. The third-order valence-corrected chi connectivity index (χ3v) is 3.52. The molecule has 1 heterocycles. The van der Waals surface area contributed by atoms with Crippen LogP contribution in [0, 0.1) is 0 Å². The van der Waals surface area contributed by atoms with Gasteiger partial charge < -0.3 is 20.3 Å². The van der Waals surface area contributed by atoms with E-state index in [9.17, 15) is 4.79 Å². The van der Waals surface area contributed by atoms with Crippen molar-refractivity contribution in [1.29, 1.82) is 0 Å². The molecule has 8 heteroatoms. The lowest BCUT2D eigenvalue weighted by Crippen LogP contribution is -2.40. The maximum absolute atomic E-state index is 12.0. The molecule has 0 unspecified atom stereocenters. The molecule has 0 fully saturated rings. The number of aromatic nitrogens is 1. The fraction of sp³-hybridized carbons (Fsp3) is 0.588. The standard InChI is InChI=1S/C17H29N5O2.HI/c1-5-18-17(20-11-9-16(23)22(6-2)7-3)21-13-14-8-10-19-15(12-14)24-4;/h8,10,12H,5-7,9,11,13H2,1-4H3,(H2,18,20,21);1H. The van der Waals surface area contributed by atoms with E-state index in [0.29, 0.717) is 31.3 Å². The molecular formula is C17H30IN5O2. The van der Waals surface area contributed by atoms with Gasteiger partial charge in [0.1, 0.15) is 0 Å². The number of guanidine groups is 1. The van der Waals surface area contributed by atoms with E-state index in [4.69, 9.17) is 4.74 Å². The summed E-state index contributed by atoms with van der Waals surface area (Å²) in [6, 6.07) is 3.76. The quantitative estimate of drug-likeness (QED) is 0.333. The highest BCUT2D eigenvalue weighted by Crippen LogP contribution is 2.09. The van der Waals surface area contributed by atoms with Gasteiger partial charge >= 0.3 is 0 Å². The average Bonchev–Trinajstić information content (AvgIpc) is 2.61. The van der Waals surface area contributed by atoms with Crippen molar-refractivity contribution < 1.29 is 9.53 Å². The number of hydrogen-bond acceptors (Lipinski definition) is 4. The number of rotatable bonds is 9. The zero-order chi connectivity index (χ0) is 17.8. The Bertz CT molecular complexity index is 536. The summed E-state index contributed by atoms with van der Waals surface area (Å²) < 4.78 is 5.11. The molecule has 0 aliphatic carbocycles. The Kier molecular flexibility index (Phi) is 12.8. The van der Waals surface area contributed by atoms with Crippen molar-refractivity contribution in [1.82, 2.24) is 20.5 Å². The molecule has 0 aromatic carbocycles. The van der Waals surface area contributed by atoms with E-state index in [1.54, 1.807) is 13.3 Å². The molecule has 1 amide bonds. The van der Waals surface area contributed by atoms with Crippen molar-refractivity contribution in [2.24, 2.45) is 4.99 Å². The highest BCUT2D eigenvalue weighted by Gasteiger charge is 2.09. The Balaban J connectivity index is 0.00000576. The topological polar surface area (TPSA) is 78.9 Å². The fourth-order valence-electron chi connectivity index (χ4n) is 2.19. The molecule has 1 rings (SSSR count). The first-order chi connectivity index (χ1) is 11.6. The van der Waals surface area contributed by atoms with Gasteiger partial charge in [0, 0.05) is 44.9 Å². The lowest BCUT2D eigenvalue weighted by Gasteiger charge is -2.19. The van der Waals surface area contributed by atoms with Gasteiger partial charge in [0.15, 0.2) is 5.96 Å². The summed E-state index contributed by atoms with van der Waals surface area (Å²) in [7, 11) is 1.59. The van der Waals surface area contributed by atoms with Crippen LogP contribution in [-0.2, 0) is 11.3 Å². The van der Waals surface area contributed by atoms with Crippen LogP contribution < -0.4 is 15.4 Å². The number of pyridine rings is 1. The lowest BCUT2D eigenvalue weighted by molar-refractivity contribution is -0.130. The van der Waals surface area contributed by atoms with Gasteiger partial charge in [-0.25, -0.2) is 9.98 Å². The minimum Gasteiger partial charge on any atom is -0.481 e. The molecule has 1 aromatic rings. The molecular weight excluding hydrogens is 433 g/mol. The minimum absolute atomic E-state index is 0. The van der Waals surface area contributed by atoms with Crippen LogP contribution in [0.3, 0.4) is 0 Å². The van der Waals surface area contributed by atoms with Gasteiger partial charge in [0.25, 0.3) is 0 Å². The van der Waals surface area contributed by atoms with Gasteiger partial charge in [-0.3, -0.25) is 4.79 Å². The number of methoxy groups -OCH3 is 1. The first kappa shape index (κ1) is 23.4. The largest absolute Gasteiger partial charge is 0.481 e. The molecule has 0 saturated heterocycles. The van der Waals surface area contributed by atoms with Crippen molar-refractivity contribution >= 4 is 35.8 Å². The molecule has 25 heavy (non-hydrogen) atoms. The normalized spacial score (nSPS) is 10.6. The number of carbonyl (C=O) groups excluding carboxylic acids is 1. The van der Waals surface area contributed by atoms with E-state index < -0.39 is 0 Å². The second-order valence-corrected chi connectivity index (χ2v) is 5.14. The molecule has 0 atom stereocenters. The van der Waals surface area contributed by atoms with Crippen molar-refractivity contribution in [3.63, 3.8) is 0 Å². The van der Waals surface area contributed by atoms with Gasteiger partial charge in [0.2, 0.25) is 11.8 Å². The number of aliphatic imine (C=N–C) groups is 1. The maximum Gasteiger partial charge on any atom is 0.224 e. The van der Waals surface area contributed by atoms with Crippen LogP contribution in [0.15, 0.2) is 23.3 Å². The average molecular weight is 463 g/mol. The van der Waals surface area contributed by atoms with E-state index in [2.05, 4.69) is 20.6 Å². The number of nitrogens with zero attached hydrogens (tertiary/aromatic N) is 3. The third kappa shape index (κ3) is 8.89. The minimum atomic E-state index is 0. The van der Waals surface area contributed by atoms with Crippen molar-refractivity contribution in [3.05, 3.63) is 23.9 Å². The van der Waals surface area contributed by atoms with Crippen LogP contribution in [0.5, 0.6) is 5.88 Å². The summed E-state index contributed by atoms with van der Waals surface area (Å²) >= 11 is 0. The Morgan fingerprint density at radius 2 is 2.00 bits per heavy atom. The third-order valence-electron chi connectivity index (χ3n) is 3.52. The highest BCUT2D eigenvalue weighted by atomic mass is 127. The van der Waals surface area contributed by atoms with Crippen LogP contribution in [-0.4, -0.2) is 55.0 Å².